The molecule has 2 amide bonds. The molecule has 2 aromatic carbocycles. The lowest BCUT2D eigenvalue weighted by atomic mass is 10.0. The van der Waals surface area contributed by atoms with E-state index in [1.165, 1.54) is 6.20 Å². The van der Waals surface area contributed by atoms with Gasteiger partial charge in [0, 0.05) is 63.8 Å². The molecule has 4 heterocycles. The van der Waals surface area contributed by atoms with Crippen LogP contribution in [0.15, 0.2) is 60.9 Å². The van der Waals surface area contributed by atoms with Crippen LogP contribution in [0.4, 0.5) is 5.82 Å². The largest absolute Gasteiger partial charge is 0.379 e. The molecule has 1 N–H and O–H groups in total. The second-order valence-corrected chi connectivity index (χ2v) is 11.3. The topological polar surface area (TPSA) is 95.8 Å². The normalized spacial score (nSPS) is 16.0. The highest BCUT2D eigenvalue weighted by Gasteiger charge is 2.29. The molecule has 0 aliphatic carbocycles. The molecule has 0 bridgehead atoms. The van der Waals surface area contributed by atoms with Crippen LogP contribution in [-0.4, -0.2) is 102 Å². The molecule has 43 heavy (non-hydrogen) atoms. The van der Waals surface area contributed by atoms with E-state index in [-0.39, 0.29) is 11.8 Å². The van der Waals surface area contributed by atoms with Crippen LogP contribution in [0.5, 0.6) is 0 Å². The number of nitrogens with one attached hydrogen (secondary N) is 1. The summed E-state index contributed by atoms with van der Waals surface area (Å²) in [6.45, 7) is 9.46. The van der Waals surface area contributed by atoms with Crippen molar-refractivity contribution >= 4 is 28.5 Å². The van der Waals surface area contributed by atoms with Crippen molar-refractivity contribution in [1.29, 1.82) is 0 Å². The summed E-state index contributed by atoms with van der Waals surface area (Å²) >= 11 is 0. The van der Waals surface area contributed by atoms with Crippen molar-refractivity contribution in [3.63, 3.8) is 0 Å². The van der Waals surface area contributed by atoms with Gasteiger partial charge in [-0.3, -0.25) is 14.5 Å². The smallest absolute Gasteiger partial charge is 0.271 e. The number of piperazine rings is 1. The fourth-order valence-electron chi connectivity index (χ4n) is 6.03. The molecular formula is C33H39N7O3. The number of anilines is 1. The summed E-state index contributed by atoms with van der Waals surface area (Å²) in [7, 11) is 2.03. The predicted octanol–water partition coefficient (Wildman–Crippen LogP) is 3.36. The number of rotatable bonds is 8. The summed E-state index contributed by atoms with van der Waals surface area (Å²) in [6, 6.07) is 16.4. The number of carbonyl (C=O) groups excluding carboxylic acids is 2. The van der Waals surface area contributed by atoms with Crippen LogP contribution in [0.1, 0.15) is 32.8 Å². The summed E-state index contributed by atoms with van der Waals surface area (Å²) in [5, 5.41) is 3.93. The monoisotopic (exact) mass is 581 g/mol. The Hall–Kier alpha value is -4.28. The molecule has 6 rings (SSSR count). The molecule has 0 radical (unpaired) electrons. The zero-order chi connectivity index (χ0) is 29.8. The standard InChI is InChI=1S/C33H39N7O3/c1-24-9-10-28-26(21-24)30(31(37(28)2)25-7-4-3-5-8-25)33(42)40-15-13-39(14-16-40)29-23-35-27(22-36-29)32(41)34-11-6-12-38-17-19-43-20-18-38/h3-5,7-10,21-23H,6,11-20H2,1-2H3,(H,34,41). The molecule has 0 atom stereocenters. The van der Waals surface area contributed by atoms with Gasteiger partial charge < -0.3 is 24.4 Å². The van der Waals surface area contributed by atoms with Gasteiger partial charge in [0.05, 0.1) is 36.9 Å². The third kappa shape index (κ3) is 6.25. The Kier molecular flexibility index (Phi) is 8.67. The predicted molar refractivity (Wildman–Crippen MR) is 167 cm³/mol. The van der Waals surface area contributed by atoms with E-state index in [4.69, 9.17) is 4.74 Å². The van der Waals surface area contributed by atoms with E-state index in [1.54, 1.807) is 6.20 Å². The van der Waals surface area contributed by atoms with Gasteiger partial charge in [-0.1, -0.05) is 42.0 Å². The molecular weight excluding hydrogens is 542 g/mol. The van der Waals surface area contributed by atoms with Gasteiger partial charge >= 0.3 is 0 Å². The van der Waals surface area contributed by atoms with E-state index >= 15 is 0 Å². The number of amides is 2. The average molecular weight is 582 g/mol. The van der Waals surface area contributed by atoms with Crippen LogP contribution in [0, 0.1) is 6.92 Å². The molecule has 2 aliphatic heterocycles. The summed E-state index contributed by atoms with van der Waals surface area (Å²) < 4.78 is 7.51. The highest BCUT2D eigenvalue weighted by molar-refractivity contribution is 6.13. The molecule has 2 fully saturated rings. The Morgan fingerprint density at radius 2 is 1.70 bits per heavy atom. The quantitative estimate of drug-likeness (QED) is 0.319. The summed E-state index contributed by atoms with van der Waals surface area (Å²) in [5.74, 6) is 0.541. The van der Waals surface area contributed by atoms with Gasteiger partial charge in [0.1, 0.15) is 11.5 Å². The molecule has 2 saturated heterocycles. The number of aromatic nitrogens is 3. The van der Waals surface area contributed by atoms with E-state index in [0.29, 0.717) is 44.2 Å². The second kappa shape index (κ2) is 12.9. The van der Waals surface area contributed by atoms with Crippen molar-refractivity contribution in [3.8, 4) is 11.3 Å². The maximum Gasteiger partial charge on any atom is 0.271 e. The first-order valence-corrected chi connectivity index (χ1v) is 15.1. The first-order valence-electron chi connectivity index (χ1n) is 15.1. The van der Waals surface area contributed by atoms with Crippen LogP contribution in [0.25, 0.3) is 22.2 Å². The van der Waals surface area contributed by atoms with Gasteiger partial charge in [0.15, 0.2) is 0 Å². The first-order chi connectivity index (χ1) is 21.0. The van der Waals surface area contributed by atoms with Crippen LogP contribution in [0.2, 0.25) is 0 Å². The van der Waals surface area contributed by atoms with Gasteiger partial charge in [-0.05, 0) is 37.6 Å². The Balaban J connectivity index is 1.08. The van der Waals surface area contributed by atoms with Crippen LogP contribution >= 0.6 is 0 Å². The third-order valence-electron chi connectivity index (χ3n) is 8.42. The lowest BCUT2D eigenvalue weighted by molar-refractivity contribution is 0.0374. The van der Waals surface area contributed by atoms with Crippen molar-refractivity contribution < 1.29 is 14.3 Å². The molecule has 2 aliphatic rings. The number of carbonyl (C=O) groups is 2. The zero-order valence-electron chi connectivity index (χ0n) is 25.0. The Labute approximate surface area is 252 Å². The molecule has 4 aromatic rings. The second-order valence-electron chi connectivity index (χ2n) is 11.3. The number of morpholine rings is 1. The van der Waals surface area contributed by atoms with E-state index in [1.807, 2.05) is 30.1 Å². The Morgan fingerprint density at radius 1 is 0.930 bits per heavy atom. The minimum absolute atomic E-state index is 0.0430. The number of ether oxygens (including phenoxy) is 1. The van der Waals surface area contributed by atoms with Gasteiger partial charge in [-0.15, -0.1) is 0 Å². The number of nitrogens with zero attached hydrogens (tertiary/aromatic N) is 6. The van der Waals surface area contributed by atoms with E-state index in [0.717, 1.165) is 72.6 Å². The zero-order valence-corrected chi connectivity index (χ0v) is 25.0. The van der Waals surface area contributed by atoms with Gasteiger partial charge in [-0.2, -0.15) is 0 Å². The lowest BCUT2D eigenvalue weighted by Gasteiger charge is -2.35. The van der Waals surface area contributed by atoms with Crippen molar-refractivity contribution in [1.82, 2.24) is 29.7 Å². The lowest BCUT2D eigenvalue weighted by Crippen LogP contribution is -2.49. The fourth-order valence-corrected chi connectivity index (χ4v) is 6.03. The Morgan fingerprint density at radius 3 is 2.42 bits per heavy atom. The minimum Gasteiger partial charge on any atom is -0.379 e. The first kappa shape index (κ1) is 28.8. The van der Waals surface area contributed by atoms with Crippen molar-refractivity contribution in [2.75, 3.05) is 70.5 Å². The molecule has 10 heteroatoms. The summed E-state index contributed by atoms with van der Waals surface area (Å²) in [4.78, 5) is 42.0. The molecule has 0 saturated carbocycles. The minimum atomic E-state index is -0.212. The van der Waals surface area contributed by atoms with E-state index < -0.39 is 0 Å². The average Bonchev–Trinajstić information content (AvgIpc) is 3.34. The molecule has 224 valence electrons. The molecule has 0 spiro atoms. The summed E-state index contributed by atoms with van der Waals surface area (Å²) in [6.07, 6.45) is 4.07. The maximum atomic E-state index is 14.1. The van der Waals surface area contributed by atoms with Crippen LogP contribution < -0.4 is 10.2 Å². The maximum absolute atomic E-state index is 14.1. The molecule has 2 aromatic heterocycles. The van der Waals surface area contributed by atoms with Crippen LogP contribution in [-0.2, 0) is 11.8 Å². The number of hydrogen-bond donors (Lipinski definition) is 1. The van der Waals surface area contributed by atoms with Gasteiger partial charge in [-0.25, -0.2) is 9.97 Å². The molecule has 10 nitrogen and oxygen atoms in total. The van der Waals surface area contributed by atoms with Crippen LogP contribution in [0.3, 0.4) is 0 Å². The Bertz CT molecular complexity index is 1570. The van der Waals surface area contributed by atoms with Crippen molar-refractivity contribution in [3.05, 3.63) is 77.7 Å². The van der Waals surface area contributed by atoms with E-state index in [2.05, 4.69) is 66.9 Å². The highest BCUT2D eigenvalue weighted by atomic mass is 16.5. The third-order valence-corrected chi connectivity index (χ3v) is 8.42. The van der Waals surface area contributed by atoms with Gasteiger partial charge in [0.2, 0.25) is 0 Å². The van der Waals surface area contributed by atoms with Crippen molar-refractivity contribution in [2.24, 2.45) is 7.05 Å². The van der Waals surface area contributed by atoms with E-state index in [9.17, 15) is 9.59 Å². The van der Waals surface area contributed by atoms with Crippen molar-refractivity contribution in [2.45, 2.75) is 13.3 Å². The summed E-state index contributed by atoms with van der Waals surface area (Å²) in [5.41, 5.74) is 5.19. The number of aryl methyl sites for hydroxylation is 2. The van der Waals surface area contributed by atoms with Gasteiger partial charge in [0.25, 0.3) is 11.8 Å². The molecule has 0 unspecified atom stereocenters. The number of fused-ring (bicyclic) bond motifs is 1. The highest BCUT2D eigenvalue weighted by Crippen LogP contribution is 2.35. The number of benzene rings is 2. The fraction of sp³-hybridized carbons (Fsp3) is 0.394. The SMILES string of the molecule is Cc1ccc2c(c1)c(C(=O)N1CCN(c3cnc(C(=O)NCCCN4CCOCC4)cn3)CC1)c(-c1ccccc1)n2C. The number of hydrogen-bond acceptors (Lipinski definition) is 7.